The summed E-state index contributed by atoms with van der Waals surface area (Å²) >= 11 is 0. The van der Waals surface area contributed by atoms with Gasteiger partial charge >= 0.3 is 0 Å². The van der Waals surface area contributed by atoms with Crippen LogP contribution >= 0.6 is 0 Å². The number of nitrogens with two attached hydrogens (primary N) is 1. The molecule has 6 rings (SSSR count). The number of hydrogen-bond donors (Lipinski definition) is 3. The molecule has 2 aromatic carbocycles. The molecule has 2 aliphatic heterocycles. The van der Waals surface area contributed by atoms with E-state index >= 15 is 0 Å². The normalized spacial score (nSPS) is 17.7. The van der Waals surface area contributed by atoms with E-state index in [0.29, 0.717) is 25.7 Å². The third-order valence-electron chi connectivity index (χ3n) is 9.51. The number of imide groups is 2. The number of carbonyl (C=O) groups excluding carboxylic acids is 6. The number of hydrogen-bond acceptors (Lipinski definition) is 10. The molecular formula is C36H38N8O8. The smallest absolute Gasteiger partial charge is 0.262 e. The summed E-state index contributed by atoms with van der Waals surface area (Å²) in [6.07, 6.45) is 3.04. The number of amides is 6. The first kappa shape index (κ1) is 35.8. The third-order valence-corrected chi connectivity index (χ3v) is 9.51. The fourth-order valence-corrected chi connectivity index (χ4v) is 7.02. The quantitative estimate of drug-likeness (QED) is 0.152. The van der Waals surface area contributed by atoms with Crippen molar-refractivity contribution >= 4 is 68.6 Å². The number of para-hydroxylation sites is 2. The van der Waals surface area contributed by atoms with E-state index in [2.05, 4.69) is 10.6 Å². The number of piperidine rings is 2. The highest BCUT2D eigenvalue weighted by Crippen LogP contribution is 2.36. The molecular weight excluding hydrogens is 672 g/mol. The Morgan fingerprint density at radius 1 is 0.712 bits per heavy atom. The van der Waals surface area contributed by atoms with Crippen LogP contribution in [0, 0.1) is 13.8 Å². The zero-order chi connectivity index (χ0) is 37.3. The van der Waals surface area contributed by atoms with Gasteiger partial charge in [-0.2, -0.15) is 0 Å². The molecule has 2 saturated heterocycles. The van der Waals surface area contributed by atoms with Gasteiger partial charge in [0.1, 0.15) is 34.8 Å². The first-order chi connectivity index (χ1) is 24.9. The summed E-state index contributed by atoms with van der Waals surface area (Å²) in [4.78, 5) is 114. The zero-order valence-corrected chi connectivity index (χ0v) is 28.8. The minimum absolute atomic E-state index is 0.0575. The van der Waals surface area contributed by atoms with Crippen LogP contribution in [0.15, 0.2) is 46.0 Å². The SMILES string of the molecule is Cc1nc2c(N(C(=O)CCCCCCC(N)=O)c3cccc4c(=O)n(C5CCC(=O)NC5=O)c(C)nc34)cccc2c(=O)n1C1CCC(=O)NC1=O. The lowest BCUT2D eigenvalue weighted by atomic mass is 10.0. The molecule has 2 atom stereocenters. The Balaban J connectivity index is 1.48. The van der Waals surface area contributed by atoms with E-state index < -0.39 is 52.7 Å². The Morgan fingerprint density at radius 2 is 1.15 bits per heavy atom. The number of aryl methyl sites for hydroxylation is 2. The van der Waals surface area contributed by atoms with Gasteiger partial charge in [-0.15, -0.1) is 0 Å². The lowest BCUT2D eigenvalue weighted by molar-refractivity contribution is -0.137. The average molecular weight is 711 g/mol. The predicted molar refractivity (Wildman–Crippen MR) is 188 cm³/mol. The highest BCUT2D eigenvalue weighted by molar-refractivity contribution is 6.11. The minimum Gasteiger partial charge on any atom is -0.370 e. The number of unbranched alkanes of at least 4 members (excludes halogenated alkanes) is 3. The number of anilines is 2. The molecule has 0 saturated carbocycles. The van der Waals surface area contributed by atoms with Gasteiger partial charge < -0.3 is 5.73 Å². The van der Waals surface area contributed by atoms with Crippen LogP contribution in [0.1, 0.15) is 87.9 Å². The molecule has 2 aliphatic rings. The monoisotopic (exact) mass is 710 g/mol. The van der Waals surface area contributed by atoms with E-state index in [4.69, 9.17) is 15.7 Å². The van der Waals surface area contributed by atoms with Crippen LogP contribution in [-0.2, 0) is 28.8 Å². The topological polar surface area (TPSA) is 226 Å². The highest BCUT2D eigenvalue weighted by Gasteiger charge is 2.33. The van der Waals surface area contributed by atoms with Crippen LogP contribution in [0.2, 0.25) is 0 Å². The number of nitrogens with zero attached hydrogens (tertiary/aromatic N) is 5. The van der Waals surface area contributed by atoms with Crippen molar-refractivity contribution in [1.82, 2.24) is 29.7 Å². The maximum atomic E-state index is 14.3. The molecule has 2 fully saturated rings. The van der Waals surface area contributed by atoms with Crippen molar-refractivity contribution in [2.45, 2.75) is 90.1 Å². The van der Waals surface area contributed by atoms with Gasteiger partial charge in [-0.3, -0.25) is 63.0 Å². The van der Waals surface area contributed by atoms with Crippen molar-refractivity contribution in [2.24, 2.45) is 5.73 Å². The van der Waals surface area contributed by atoms with Crippen LogP contribution in [0.25, 0.3) is 21.8 Å². The van der Waals surface area contributed by atoms with Gasteiger partial charge in [-0.05, 0) is 63.8 Å². The summed E-state index contributed by atoms with van der Waals surface area (Å²) in [5.41, 5.74) is 5.04. The number of carbonyl (C=O) groups is 6. The van der Waals surface area contributed by atoms with Gasteiger partial charge in [0.2, 0.25) is 35.4 Å². The van der Waals surface area contributed by atoms with E-state index in [1.165, 1.54) is 14.0 Å². The molecule has 4 heterocycles. The van der Waals surface area contributed by atoms with E-state index in [1.54, 1.807) is 50.2 Å². The van der Waals surface area contributed by atoms with Gasteiger partial charge in [0, 0.05) is 25.7 Å². The first-order valence-corrected chi connectivity index (χ1v) is 17.2. The fraction of sp³-hybridized carbons (Fsp3) is 0.389. The fourth-order valence-electron chi connectivity index (χ4n) is 7.02. The van der Waals surface area contributed by atoms with Crippen molar-refractivity contribution in [2.75, 3.05) is 4.90 Å². The largest absolute Gasteiger partial charge is 0.370 e. The number of aromatic nitrogens is 4. The second-order valence-corrected chi connectivity index (χ2v) is 13.1. The molecule has 4 N–H and O–H groups in total. The molecule has 4 aromatic rings. The molecule has 270 valence electrons. The zero-order valence-electron chi connectivity index (χ0n) is 28.8. The van der Waals surface area contributed by atoms with Crippen LogP contribution in [-0.4, -0.2) is 54.5 Å². The van der Waals surface area contributed by atoms with Crippen molar-refractivity contribution < 1.29 is 28.8 Å². The average Bonchev–Trinajstić information content (AvgIpc) is 3.08. The molecule has 0 spiro atoms. The molecule has 0 bridgehead atoms. The summed E-state index contributed by atoms with van der Waals surface area (Å²) in [5.74, 6) is -2.44. The predicted octanol–water partition coefficient (Wildman–Crippen LogP) is 2.17. The van der Waals surface area contributed by atoms with Crippen LogP contribution in [0.5, 0.6) is 0 Å². The molecule has 6 amide bonds. The molecule has 16 nitrogen and oxygen atoms in total. The first-order valence-electron chi connectivity index (χ1n) is 17.2. The molecule has 0 aliphatic carbocycles. The Hall–Kier alpha value is -6.06. The highest BCUT2D eigenvalue weighted by atomic mass is 16.2. The standard InChI is InChI=1S/C36H38N8O8/c1-19-38-31-21(35(51)42(19)25-15-17-28(46)40-33(25)49)9-7-11-23(31)44(30(48)14-6-4-3-5-13-27(37)45)24-12-8-10-22-32(24)39-20(2)43(36(22)52)26-16-18-29(47)41-34(26)50/h7-12,25-26H,3-6,13-18H2,1-2H3,(H2,37,45)(H,40,46,49)(H,41,47,50). The molecule has 52 heavy (non-hydrogen) atoms. The second-order valence-electron chi connectivity index (χ2n) is 13.1. The maximum absolute atomic E-state index is 14.3. The lowest BCUT2D eigenvalue weighted by Gasteiger charge is -2.28. The number of benzene rings is 2. The summed E-state index contributed by atoms with van der Waals surface area (Å²) in [7, 11) is 0. The Kier molecular flexibility index (Phi) is 10.1. The van der Waals surface area contributed by atoms with Gasteiger partial charge in [-0.25, -0.2) is 9.97 Å². The summed E-state index contributed by atoms with van der Waals surface area (Å²) < 4.78 is 2.51. The van der Waals surface area contributed by atoms with E-state index in [1.807, 2.05) is 0 Å². The molecule has 2 aromatic heterocycles. The second kappa shape index (κ2) is 14.7. The summed E-state index contributed by atoms with van der Waals surface area (Å²) in [6, 6.07) is 7.63. The molecule has 2 unspecified atom stereocenters. The maximum Gasteiger partial charge on any atom is 0.262 e. The van der Waals surface area contributed by atoms with Gasteiger partial charge in [0.05, 0.1) is 22.1 Å². The van der Waals surface area contributed by atoms with Gasteiger partial charge in [0.15, 0.2) is 0 Å². The Labute approximate surface area is 296 Å². The van der Waals surface area contributed by atoms with E-state index in [0.717, 1.165) is 0 Å². The van der Waals surface area contributed by atoms with E-state index in [9.17, 15) is 38.4 Å². The van der Waals surface area contributed by atoms with Crippen molar-refractivity contribution in [1.29, 1.82) is 0 Å². The summed E-state index contributed by atoms with van der Waals surface area (Å²) in [5, 5.41) is 4.81. The number of rotatable bonds is 11. The third kappa shape index (κ3) is 6.83. The summed E-state index contributed by atoms with van der Waals surface area (Å²) in [6.45, 7) is 3.14. The minimum atomic E-state index is -0.949. The van der Waals surface area contributed by atoms with Crippen LogP contribution in [0.4, 0.5) is 11.4 Å². The number of fused-ring (bicyclic) bond motifs is 2. The van der Waals surface area contributed by atoms with Gasteiger partial charge in [-0.1, -0.05) is 25.0 Å². The Morgan fingerprint density at radius 3 is 1.58 bits per heavy atom. The van der Waals surface area contributed by atoms with Crippen molar-refractivity contribution in [3.63, 3.8) is 0 Å². The molecule has 0 radical (unpaired) electrons. The van der Waals surface area contributed by atoms with E-state index in [-0.39, 0.29) is 89.3 Å². The van der Waals surface area contributed by atoms with Crippen LogP contribution in [0.3, 0.4) is 0 Å². The number of nitrogens with one attached hydrogen (secondary N) is 2. The van der Waals surface area contributed by atoms with Crippen molar-refractivity contribution in [3.05, 3.63) is 68.8 Å². The molecule has 16 heteroatoms. The number of primary amides is 1. The van der Waals surface area contributed by atoms with Crippen LogP contribution < -0.4 is 32.4 Å². The Bertz CT molecular complexity index is 2150. The van der Waals surface area contributed by atoms with Crippen molar-refractivity contribution in [3.8, 4) is 0 Å². The van der Waals surface area contributed by atoms with Gasteiger partial charge in [0.25, 0.3) is 11.1 Å². The lowest BCUT2D eigenvalue weighted by Crippen LogP contribution is -2.45.